The van der Waals surface area contributed by atoms with Crippen molar-refractivity contribution in [2.24, 2.45) is 0 Å². The van der Waals surface area contributed by atoms with Crippen LogP contribution in [0.5, 0.6) is 0 Å². The minimum absolute atomic E-state index is 0.292. The van der Waals surface area contributed by atoms with Gasteiger partial charge in [-0.3, -0.25) is 4.98 Å². The summed E-state index contributed by atoms with van der Waals surface area (Å²) in [6.07, 6.45) is 6.94. The van der Waals surface area contributed by atoms with Crippen molar-refractivity contribution in [1.29, 1.82) is 0 Å². The average molecular weight is 281 g/mol. The van der Waals surface area contributed by atoms with Gasteiger partial charge in [-0.05, 0) is 42.5 Å². The standard InChI is InChI=1S/C18H19NO2/c1-14(12-18(20)21-2)5-6-15-7-9-16(10-8-15)17-4-3-11-19-13-17/h3-4,7-13H,5-6H2,1-2H3/b14-12+. The van der Waals surface area contributed by atoms with Gasteiger partial charge in [0.15, 0.2) is 0 Å². The number of pyridine rings is 1. The van der Waals surface area contributed by atoms with Crippen molar-refractivity contribution in [3.05, 3.63) is 66.0 Å². The van der Waals surface area contributed by atoms with Gasteiger partial charge in [-0.15, -0.1) is 0 Å². The van der Waals surface area contributed by atoms with E-state index < -0.39 is 0 Å². The van der Waals surface area contributed by atoms with Crippen LogP contribution < -0.4 is 0 Å². The highest BCUT2D eigenvalue weighted by molar-refractivity contribution is 5.82. The average Bonchev–Trinajstić information content (AvgIpc) is 2.54. The number of carbonyl (C=O) groups excluding carboxylic acids is 1. The van der Waals surface area contributed by atoms with E-state index in [0.717, 1.165) is 29.5 Å². The molecule has 0 saturated heterocycles. The lowest BCUT2D eigenvalue weighted by molar-refractivity contribution is -0.134. The maximum atomic E-state index is 11.1. The molecule has 0 aliphatic rings. The fourth-order valence-electron chi connectivity index (χ4n) is 2.07. The quantitative estimate of drug-likeness (QED) is 0.618. The Bertz CT molecular complexity index is 615. The summed E-state index contributed by atoms with van der Waals surface area (Å²) in [6.45, 7) is 1.95. The van der Waals surface area contributed by atoms with Crippen LogP contribution in [0.4, 0.5) is 0 Å². The molecule has 2 aromatic rings. The molecule has 0 N–H and O–H groups in total. The number of methoxy groups -OCH3 is 1. The molecule has 0 bridgehead atoms. The number of carbonyl (C=O) groups is 1. The molecule has 1 aromatic carbocycles. The van der Waals surface area contributed by atoms with Crippen LogP contribution in [-0.4, -0.2) is 18.1 Å². The second kappa shape index (κ2) is 7.39. The van der Waals surface area contributed by atoms with Crippen molar-refractivity contribution >= 4 is 5.97 Å². The van der Waals surface area contributed by atoms with Gasteiger partial charge < -0.3 is 4.74 Å². The molecule has 0 saturated carbocycles. The number of hydrogen-bond acceptors (Lipinski definition) is 3. The third kappa shape index (κ3) is 4.56. The molecule has 0 aliphatic carbocycles. The zero-order chi connectivity index (χ0) is 15.1. The predicted molar refractivity (Wildman–Crippen MR) is 83.8 cm³/mol. The van der Waals surface area contributed by atoms with Gasteiger partial charge in [0.2, 0.25) is 0 Å². The van der Waals surface area contributed by atoms with Crippen molar-refractivity contribution < 1.29 is 9.53 Å². The first-order valence-electron chi connectivity index (χ1n) is 6.93. The molecule has 0 spiro atoms. The number of aryl methyl sites for hydroxylation is 1. The van der Waals surface area contributed by atoms with E-state index in [1.165, 1.54) is 12.7 Å². The van der Waals surface area contributed by atoms with Crippen molar-refractivity contribution in [3.8, 4) is 11.1 Å². The third-order valence-corrected chi connectivity index (χ3v) is 3.32. The zero-order valence-corrected chi connectivity index (χ0v) is 12.4. The minimum atomic E-state index is -0.292. The van der Waals surface area contributed by atoms with Crippen LogP contribution in [-0.2, 0) is 16.0 Å². The summed E-state index contributed by atoms with van der Waals surface area (Å²) in [7, 11) is 1.39. The summed E-state index contributed by atoms with van der Waals surface area (Å²) < 4.78 is 4.62. The summed E-state index contributed by atoms with van der Waals surface area (Å²) in [5.41, 5.74) is 4.55. The van der Waals surface area contributed by atoms with Gasteiger partial charge in [-0.2, -0.15) is 0 Å². The van der Waals surface area contributed by atoms with Crippen LogP contribution in [0, 0.1) is 0 Å². The molecule has 2 rings (SSSR count). The molecule has 1 heterocycles. The van der Waals surface area contributed by atoms with Crippen molar-refractivity contribution in [3.63, 3.8) is 0 Å². The van der Waals surface area contributed by atoms with Gasteiger partial charge in [0.25, 0.3) is 0 Å². The molecule has 3 heteroatoms. The Morgan fingerprint density at radius 2 is 1.95 bits per heavy atom. The van der Waals surface area contributed by atoms with Gasteiger partial charge in [-0.25, -0.2) is 4.79 Å². The first kappa shape index (κ1) is 15.0. The Morgan fingerprint density at radius 1 is 1.19 bits per heavy atom. The lowest BCUT2D eigenvalue weighted by atomic mass is 10.0. The van der Waals surface area contributed by atoms with Crippen molar-refractivity contribution in [1.82, 2.24) is 4.98 Å². The van der Waals surface area contributed by atoms with E-state index in [2.05, 4.69) is 34.0 Å². The van der Waals surface area contributed by atoms with E-state index >= 15 is 0 Å². The van der Waals surface area contributed by atoms with E-state index in [1.807, 2.05) is 25.3 Å². The minimum Gasteiger partial charge on any atom is -0.466 e. The lowest BCUT2D eigenvalue weighted by Crippen LogP contribution is -1.96. The fourth-order valence-corrected chi connectivity index (χ4v) is 2.07. The van der Waals surface area contributed by atoms with Gasteiger partial charge >= 0.3 is 5.97 Å². The summed E-state index contributed by atoms with van der Waals surface area (Å²) >= 11 is 0. The fraction of sp³-hybridized carbons (Fsp3) is 0.222. The number of hydrogen-bond donors (Lipinski definition) is 0. The van der Waals surface area contributed by atoms with E-state index in [9.17, 15) is 4.79 Å². The molecule has 0 fully saturated rings. The van der Waals surface area contributed by atoms with E-state index in [0.29, 0.717) is 0 Å². The summed E-state index contributed by atoms with van der Waals surface area (Å²) in [5.74, 6) is -0.292. The molecule has 1 aromatic heterocycles. The Morgan fingerprint density at radius 3 is 2.57 bits per heavy atom. The molecule has 0 amide bonds. The van der Waals surface area contributed by atoms with Crippen LogP contribution in [0.1, 0.15) is 18.9 Å². The molecule has 21 heavy (non-hydrogen) atoms. The van der Waals surface area contributed by atoms with Crippen LogP contribution in [0.3, 0.4) is 0 Å². The smallest absolute Gasteiger partial charge is 0.330 e. The van der Waals surface area contributed by atoms with Gasteiger partial charge in [-0.1, -0.05) is 35.9 Å². The van der Waals surface area contributed by atoms with Crippen molar-refractivity contribution in [2.75, 3.05) is 7.11 Å². The van der Waals surface area contributed by atoms with E-state index in [4.69, 9.17) is 0 Å². The number of esters is 1. The Labute approximate surface area is 125 Å². The predicted octanol–water partition coefficient (Wildman–Crippen LogP) is 3.80. The Hall–Kier alpha value is -2.42. The number of aromatic nitrogens is 1. The second-order valence-corrected chi connectivity index (χ2v) is 4.95. The van der Waals surface area contributed by atoms with E-state index in [1.54, 1.807) is 12.3 Å². The maximum Gasteiger partial charge on any atom is 0.330 e. The highest BCUT2D eigenvalue weighted by Gasteiger charge is 2.00. The molecule has 0 aliphatic heterocycles. The largest absolute Gasteiger partial charge is 0.466 e. The zero-order valence-electron chi connectivity index (χ0n) is 12.4. The van der Waals surface area contributed by atoms with Gasteiger partial charge in [0.05, 0.1) is 7.11 Å². The highest BCUT2D eigenvalue weighted by Crippen LogP contribution is 2.19. The molecular weight excluding hydrogens is 262 g/mol. The molecule has 0 radical (unpaired) electrons. The molecule has 3 nitrogen and oxygen atoms in total. The maximum absolute atomic E-state index is 11.1. The topological polar surface area (TPSA) is 39.2 Å². The monoisotopic (exact) mass is 281 g/mol. The normalized spacial score (nSPS) is 11.2. The first-order chi connectivity index (χ1) is 10.2. The van der Waals surface area contributed by atoms with Crippen molar-refractivity contribution in [2.45, 2.75) is 19.8 Å². The highest BCUT2D eigenvalue weighted by atomic mass is 16.5. The second-order valence-electron chi connectivity index (χ2n) is 4.95. The lowest BCUT2D eigenvalue weighted by Gasteiger charge is -2.05. The Balaban J connectivity index is 1.97. The summed E-state index contributed by atoms with van der Waals surface area (Å²) in [5, 5.41) is 0. The van der Waals surface area contributed by atoms with Crippen LogP contribution in [0.25, 0.3) is 11.1 Å². The summed E-state index contributed by atoms with van der Waals surface area (Å²) in [6, 6.07) is 12.4. The number of allylic oxidation sites excluding steroid dienone is 1. The van der Waals surface area contributed by atoms with Gasteiger partial charge in [0, 0.05) is 18.5 Å². The number of rotatable bonds is 5. The first-order valence-corrected chi connectivity index (χ1v) is 6.93. The summed E-state index contributed by atoms with van der Waals surface area (Å²) in [4.78, 5) is 15.3. The van der Waals surface area contributed by atoms with E-state index in [-0.39, 0.29) is 5.97 Å². The number of benzene rings is 1. The van der Waals surface area contributed by atoms with Crippen LogP contribution in [0.15, 0.2) is 60.4 Å². The molecule has 0 atom stereocenters. The SMILES string of the molecule is COC(=O)/C=C(\C)CCc1ccc(-c2cccnc2)cc1. The van der Waals surface area contributed by atoms with Crippen LogP contribution in [0.2, 0.25) is 0 Å². The van der Waals surface area contributed by atoms with Gasteiger partial charge in [0.1, 0.15) is 0 Å². The van der Waals surface area contributed by atoms with Crippen LogP contribution >= 0.6 is 0 Å². The molecular formula is C18H19NO2. The molecule has 0 unspecified atom stereocenters. The number of nitrogens with zero attached hydrogens (tertiary/aromatic N) is 1. The third-order valence-electron chi connectivity index (χ3n) is 3.32. The Kier molecular flexibility index (Phi) is 5.27. The number of ether oxygens (including phenoxy) is 1. The molecule has 108 valence electrons.